The Morgan fingerprint density at radius 3 is 2.92 bits per heavy atom. The Bertz CT molecular complexity index is 562. The molecule has 0 unspecified atom stereocenters. The molecule has 8 nitrogen and oxygen atoms in total. The number of ether oxygens (including phenoxy) is 1. The Kier molecular flexibility index (Phi) is 5.47. The van der Waals surface area contributed by atoms with Crippen molar-refractivity contribution in [3.05, 3.63) is 18.5 Å². The molecule has 24 heavy (non-hydrogen) atoms. The summed E-state index contributed by atoms with van der Waals surface area (Å²) in [7, 11) is 0. The lowest BCUT2D eigenvalue weighted by atomic mass is 10.0. The highest BCUT2D eigenvalue weighted by Crippen LogP contribution is 2.17. The minimum atomic E-state index is -0.452. The molecule has 0 spiro atoms. The smallest absolute Gasteiger partial charge is 0.240 e. The minimum absolute atomic E-state index is 0.0137. The van der Waals surface area contributed by atoms with Gasteiger partial charge in [-0.3, -0.25) is 19.2 Å². The third-order valence-corrected chi connectivity index (χ3v) is 4.68. The van der Waals surface area contributed by atoms with Gasteiger partial charge in [-0.1, -0.05) is 0 Å². The maximum atomic E-state index is 12.6. The van der Waals surface area contributed by atoms with Gasteiger partial charge in [0, 0.05) is 32.0 Å². The number of piperidine rings is 1. The fraction of sp³-hybridized carbons (Fsp3) is 0.688. The lowest BCUT2D eigenvalue weighted by Gasteiger charge is -2.37. The maximum Gasteiger partial charge on any atom is 0.240 e. The number of hydrogen-bond donors (Lipinski definition) is 1. The van der Waals surface area contributed by atoms with E-state index >= 15 is 0 Å². The molecule has 0 bridgehead atoms. The van der Waals surface area contributed by atoms with Crippen LogP contribution in [0.25, 0.3) is 0 Å². The highest BCUT2D eigenvalue weighted by Gasteiger charge is 2.32. The number of nitrogens with zero attached hydrogens (tertiary/aromatic N) is 4. The third kappa shape index (κ3) is 4.12. The number of aromatic nitrogens is 2. The molecule has 0 radical (unpaired) electrons. The summed E-state index contributed by atoms with van der Waals surface area (Å²) >= 11 is 0. The van der Waals surface area contributed by atoms with Crippen molar-refractivity contribution in [1.82, 2.24) is 19.6 Å². The van der Waals surface area contributed by atoms with Gasteiger partial charge in [0.2, 0.25) is 11.8 Å². The number of rotatable bonds is 5. The molecule has 0 saturated carbocycles. The molecule has 1 aromatic rings. The van der Waals surface area contributed by atoms with Crippen molar-refractivity contribution in [2.24, 2.45) is 5.73 Å². The van der Waals surface area contributed by atoms with Crippen LogP contribution in [0.5, 0.6) is 0 Å². The molecule has 0 aromatic carbocycles. The number of primary amides is 1. The van der Waals surface area contributed by atoms with Crippen molar-refractivity contribution in [1.29, 1.82) is 0 Å². The fourth-order valence-electron chi connectivity index (χ4n) is 3.46. The molecule has 2 aliphatic heterocycles. The molecule has 2 amide bonds. The zero-order chi connectivity index (χ0) is 16.9. The van der Waals surface area contributed by atoms with Crippen molar-refractivity contribution in [2.75, 3.05) is 32.8 Å². The number of nitrogens with two attached hydrogens (primary N) is 1. The van der Waals surface area contributed by atoms with Crippen LogP contribution in [0.1, 0.15) is 19.3 Å². The van der Waals surface area contributed by atoms with Crippen LogP contribution < -0.4 is 5.73 Å². The van der Waals surface area contributed by atoms with E-state index in [4.69, 9.17) is 10.5 Å². The molecule has 132 valence electrons. The first-order chi connectivity index (χ1) is 11.6. The molecule has 2 fully saturated rings. The number of carbonyl (C=O) groups excluding carboxylic acids is 2. The molecule has 1 aromatic heterocycles. The molecular weight excluding hydrogens is 310 g/mol. The Hall–Kier alpha value is -1.93. The second kappa shape index (κ2) is 7.76. The minimum Gasteiger partial charge on any atom is -0.374 e. The van der Waals surface area contributed by atoms with Crippen molar-refractivity contribution < 1.29 is 14.3 Å². The predicted molar refractivity (Wildman–Crippen MR) is 87.0 cm³/mol. The lowest BCUT2D eigenvalue weighted by molar-refractivity contribution is -0.143. The summed E-state index contributed by atoms with van der Waals surface area (Å²) in [6.45, 7) is 3.59. The van der Waals surface area contributed by atoms with Gasteiger partial charge in [0.1, 0.15) is 6.04 Å². The SMILES string of the molecule is NC(=O)[C@@H]1CCCCN1C(=O)CN1CCO[C@H](Cn2cccn2)C1. The maximum absolute atomic E-state index is 12.6. The van der Waals surface area contributed by atoms with E-state index in [1.54, 1.807) is 11.1 Å². The Morgan fingerprint density at radius 1 is 1.29 bits per heavy atom. The molecular formula is C16H25N5O3. The highest BCUT2D eigenvalue weighted by molar-refractivity contribution is 5.87. The van der Waals surface area contributed by atoms with Gasteiger partial charge >= 0.3 is 0 Å². The third-order valence-electron chi connectivity index (χ3n) is 4.68. The van der Waals surface area contributed by atoms with Crippen molar-refractivity contribution >= 4 is 11.8 Å². The van der Waals surface area contributed by atoms with Crippen molar-refractivity contribution in [3.63, 3.8) is 0 Å². The summed E-state index contributed by atoms with van der Waals surface area (Å²) in [6, 6.07) is 1.43. The zero-order valence-corrected chi connectivity index (χ0v) is 13.8. The standard InChI is InChI=1S/C16H25N5O3/c17-16(23)14-4-1-2-7-21(14)15(22)12-19-8-9-24-13(10-19)11-20-6-3-5-18-20/h3,5-6,13-14H,1-2,4,7-12H2,(H2,17,23)/t13-,14-/m0/s1. The van der Waals surface area contributed by atoms with Crippen LogP contribution in [-0.4, -0.2) is 76.3 Å². The van der Waals surface area contributed by atoms with Gasteiger partial charge in [-0.25, -0.2) is 0 Å². The quantitative estimate of drug-likeness (QED) is 0.779. The van der Waals surface area contributed by atoms with Gasteiger partial charge in [0.15, 0.2) is 0 Å². The van der Waals surface area contributed by atoms with Crippen molar-refractivity contribution in [2.45, 2.75) is 38.0 Å². The summed E-state index contributed by atoms with van der Waals surface area (Å²) in [5.74, 6) is -0.417. The number of morpholine rings is 1. The van der Waals surface area contributed by atoms with E-state index in [1.165, 1.54) is 0 Å². The van der Waals surface area contributed by atoms with Crippen LogP contribution in [0.15, 0.2) is 18.5 Å². The van der Waals surface area contributed by atoms with E-state index in [0.29, 0.717) is 39.2 Å². The number of hydrogen-bond acceptors (Lipinski definition) is 5. The first-order valence-electron chi connectivity index (χ1n) is 8.53. The van der Waals surface area contributed by atoms with Crippen LogP contribution in [0.2, 0.25) is 0 Å². The first-order valence-corrected chi connectivity index (χ1v) is 8.53. The topological polar surface area (TPSA) is 93.7 Å². The molecule has 2 aliphatic rings. The van der Waals surface area contributed by atoms with Crippen LogP contribution in [0.4, 0.5) is 0 Å². The van der Waals surface area contributed by atoms with Crippen LogP contribution >= 0.6 is 0 Å². The molecule has 8 heteroatoms. The summed E-state index contributed by atoms with van der Waals surface area (Å²) < 4.78 is 7.60. The summed E-state index contributed by atoms with van der Waals surface area (Å²) in [5.41, 5.74) is 5.45. The Balaban J connectivity index is 1.54. The van der Waals surface area contributed by atoms with Crippen LogP contribution in [0.3, 0.4) is 0 Å². The fourth-order valence-corrected chi connectivity index (χ4v) is 3.46. The average molecular weight is 335 g/mol. The van der Waals surface area contributed by atoms with Gasteiger partial charge in [-0.05, 0) is 25.3 Å². The second-order valence-electron chi connectivity index (χ2n) is 6.46. The van der Waals surface area contributed by atoms with Gasteiger partial charge < -0.3 is 15.4 Å². The predicted octanol–water partition coefficient (Wildman–Crippen LogP) is -0.550. The molecule has 3 rings (SSSR count). The molecule has 0 aliphatic carbocycles. The summed E-state index contributed by atoms with van der Waals surface area (Å²) in [6.07, 6.45) is 6.20. The number of carbonyl (C=O) groups is 2. The van der Waals surface area contributed by atoms with E-state index in [9.17, 15) is 9.59 Å². The lowest BCUT2D eigenvalue weighted by Crippen LogP contribution is -2.55. The van der Waals surface area contributed by atoms with E-state index in [0.717, 1.165) is 19.4 Å². The number of likely N-dealkylation sites (tertiary alicyclic amines) is 1. The van der Waals surface area contributed by atoms with Crippen molar-refractivity contribution in [3.8, 4) is 0 Å². The average Bonchev–Trinajstić information content (AvgIpc) is 3.08. The van der Waals surface area contributed by atoms with Crippen LogP contribution in [0, 0.1) is 0 Å². The normalized spacial score (nSPS) is 25.6. The monoisotopic (exact) mass is 335 g/mol. The van der Waals surface area contributed by atoms with Gasteiger partial charge in [0.05, 0.1) is 25.8 Å². The van der Waals surface area contributed by atoms with Crippen LogP contribution in [-0.2, 0) is 20.9 Å². The zero-order valence-electron chi connectivity index (χ0n) is 13.8. The number of amides is 2. The van der Waals surface area contributed by atoms with Gasteiger partial charge in [-0.15, -0.1) is 0 Å². The molecule has 3 heterocycles. The molecule has 2 saturated heterocycles. The molecule has 2 N–H and O–H groups in total. The first kappa shape index (κ1) is 16.9. The van der Waals surface area contributed by atoms with E-state index < -0.39 is 11.9 Å². The van der Waals surface area contributed by atoms with E-state index in [1.807, 2.05) is 16.9 Å². The largest absolute Gasteiger partial charge is 0.374 e. The summed E-state index contributed by atoms with van der Waals surface area (Å²) in [5, 5.41) is 4.19. The van der Waals surface area contributed by atoms with E-state index in [-0.39, 0.29) is 12.0 Å². The Labute approximate surface area is 141 Å². The second-order valence-corrected chi connectivity index (χ2v) is 6.46. The van der Waals surface area contributed by atoms with Gasteiger partial charge in [0.25, 0.3) is 0 Å². The Morgan fingerprint density at radius 2 is 2.17 bits per heavy atom. The highest BCUT2D eigenvalue weighted by atomic mass is 16.5. The summed E-state index contributed by atoms with van der Waals surface area (Å²) in [4.78, 5) is 27.9. The molecule has 2 atom stereocenters. The van der Waals surface area contributed by atoms with Gasteiger partial charge in [-0.2, -0.15) is 5.10 Å². The van der Waals surface area contributed by atoms with E-state index in [2.05, 4.69) is 10.00 Å².